The van der Waals surface area contributed by atoms with E-state index in [1.165, 1.54) is 13.1 Å². The lowest BCUT2D eigenvalue weighted by Crippen LogP contribution is -2.35. The van der Waals surface area contributed by atoms with Crippen LogP contribution in [0.1, 0.15) is 35.8 Å². The minimum absolute atomic E-state index is 0.0632. The van der Waals surface area contributed by atoms with E-state index in [0.29, 0.717) is 5.56 Å². The van der Waals surface area contributed by atoms with E-state index in [4.69, 9.17) is 11.6 Å². The third-order valence-corrected chi connectivity index (χ3v) is 2.55. The van der Waals surface area contributed by atoms with Crippen molar-refractivity contribution in [3.63, 3.8) is 0 Å². The summed E-state index contributed by atoms with van der Waals surface area (Å²) in [6, 6.07) is 3.16. The molecule has 0 unspecified atom stereocenters. The second-order valence-corrected chi connectivity index (χ2v) is 4.50. The van der Waals surface area contributed by atoms with Gasteiger partial charge in [-0.1, -0.05) is 25.4 Å². The van der Waals surface area contributed by atoms with Gasteiger partial charge < -0.3 is 10.6 Å². The van der Waals surface area contributed by atoms with Gasteiger partial charge in [0.1, 0.15) is 5.15 Å². The summed E-state index contributed by atoms with van der Waals surface area (Å²) < 4.78 is 0. The molecule has 0 radical (unpaired) electrons. The van der Waals surface area contributed by atoms with Gasteiger partial charge in [-0.15, -0.1) is 0 Å². The van der Waals surface area contributed by atoms with Crippen molar-refractivity contribution in [3.05, 3.63) is 28.5 Å². The lowest BCUT2D eigenvalue weighted by molar-refractivity contribution is -0.119. The zero-order valence-corrected chi connectivity index (χ0v) is 11.3. The molecule has 0 aliphatic heterocycles. The Morgan fingerprint density at radius 3 is 2.61 bits per heavy atom. The SMILES string of the molecule is CNC(=O)CNC(=O)c1cc(Cl)nc(C(C)C)c1. The molecular weight excluding hydrogens is 254 g/mol. The van der Waals surface area contributed by atoms with Crippen LogP contribution in [-0.2, 0) is 4.79 Å². The highest BCUT2D eigenvalue weighted by atomic mass is 35.5. The number of carbonyl (C=O) groups excluding carboxylic acids is 2. The van der Waals surface area contributed by atoms with Gasteiger partial charge in [-0.05, 0) is 18.1 Å². The summed E-state index contributed by atoms with van der Waals surface area (Å²) in [5.41, 5.74) is 1.15. The molecule has 0 spiro atoms. The lowest BCUT2D eigenvalue weighted by atomic mass is 10.1. The Hall–Kier alpha value is -1.62. The summed E-state index contributed by atoms with van der Waals surface area (Å²) in [6.45, 7) is 3.86. The highest BCUT2D eigenvalue weighted by Crippen LogP contribution is 2.17. The average Bonchev–Trinajstić information content (AvgIpc) is 2.34. The first-order chi connectivity index (χ1) is 8.43. The Labute approximate surface area is 111 Å². The summed E-state index contributed by atoms with van der Waals surface area (Å²) >= 11 is 5.86. The van der Waals surface area contributed by atoms with Crippen molar-refractivity contribution >= 4 is 23.4 Å². The number of pyridine rings is 1. The van der Waals surface area contributed by atoms with Gasteiger partial charge in [-0.3, -0.25) is 9.59 Å². The predicted octanol–water partition coefficient (Wildman–Crippen LogP) is 1.33. The third kappa shape index (κ3) is 4.00. The molecule has 0 bridgehead atoms. The number of likely N-dealkylation sites (N-methyl/N-ethyl adjacent to an activating group) is 1. The molecule has 2 amide bonds. The molecule has 1 aromatic rings. The van der Waals surface area contributed by atoms with Crippen molar-refractivity contribution in [2.45, 2.75) is 19.8 Å². The molecule has 6 heteroatoms. The zero-order chi connectivity index (χ0) is 13.7. The summed E-state index contributed by atoms with van der Waals surface area (Å²) in [7, 11) is 1.51. The van der Waals surface area contributed by atoms with E-state index >= 15 is 0 Å². The molecule has 0 aromatic carbocycles. The van der Waals surface area contributed by atoms with Crippen molar-refractivity contribution in [1.82, 2.24) is 15.6 Å². The van der Waals surface area contributed by atoms with Crippen molar-refractivity contribution in [2.24, 2.45) is 0 Å². The molecular formula is C12H16ClN3O2. The molecule has 0 aliphatic rings. The Balaban J connectivity index is 2.82. The number of hydrogen-bond donors (Lipinski definition) is 2. The van der Waals surface area contributed by atoms with Crippen LogP contribution in [0.4, 0.5) is 0 Å². The van der Waals surface area contributed by atoms with Crippen molar-refractivity contribution in [2.75, 3.05) is 13.6 Å². The Morgan fingerprint density at radius 1 is 1.39 bits per heavy atom. The van der Waals surface area contributed by atoms with Gasteiger partial charge in [-0.2, -0.15) is 0 Å². The molecule has 0 aliphatic carbocycles. The smallest absolute Gasteiger partial charge is 0.251 e. The topological polar surface area (TPSA) is 71.1 Å². The van der Waals surface area contributed by atoms with Crippen LogP contribution in [-0.4, -0.2) is 30.4 Å². The average molecular weight is 270 g/mol. The van der Waals surface area contributed by atoms with Crippen molar-refractivity contribution < 1.29 is 9.59 Å². The maximum atomic E-state index is 11.8. The molecule has 1 rings (SSSR count). The minimum Gasteiger partial charge on any atom is -0.358 e. The molecule has 98 valence electrons. The largest absolute Gasteiger partial charge is 0.358 e. The van der Waals surface area contributed by atoms with E-state index in [1.54, 1.807) is 6.07 Å². The Bertz CT molecular complexity index is 461. The molecule has 1 heterocycles. The van der Waals surface area contributed by atoms with Crippen molar-refractivity contribution in [1.29, 1.82) is 0 Å². The number of rotatable bonds is 4. The number of hydrogen-bond acceptors (Lipinski definition) is 3. The van der Waals surface area contributed by atoms with Crippen LogP contribution in [0.2, 0.25) is 5.15 Å². The van der Waals surface area contributed by atoms with Crippen LogP contribution in [0.5, 0.6) is 0 Å². The summed E-state index contributed by atoms with van der Waals surface area (Å²) in [5, 5.41) is 5.20. The first-order valence-corrected chi connectivity index (χ1v) is 5.98. The van der Waals surface area contributed by atoms with Gasteiger partial charge in [-0.25, -0.2) is 4.98 Å². The molecule has 0 saturated carbocycles. The molecule has 2 N–H and O–H groups in total. The van der Waals surface area contributed by atoms with Crippen LogP contribution in [0, 0.1) is 0 Å². The fraction of sp³-hybridized carbons (Fsp3) is 0.417. The monoisotopic (exact) mass is 269 g/mol. The van der Waals surface area contributed by atoms with Gasteiger partial charge in [0.2, 0.25) is 5.91 Å². The van der Waals surface area contributed by atoms with Gasteiger partial charge in [0.05, 0.1) is 6.54 Å². The zero-order valence-electron chi connectivity index (χ0n) is 10.6. The van der Waals surface area contributed by atoms with Gasteiger partial charge >= 0.3 is 0 Å². The first kappa shape index (κ1) is 14.4. The van der Waals surface area contributed by atoms with Crippen LogP contribution in [0.3, 0.4) is 0 Å². The summed E-state index contributed by atoms with van der Waals surface area (Å²) in [6.07, 6.45) is 0. The van der Waals surface area contributed by atoms with E-state index in [9.17, 15) is 9.59 Å². The number of carbonyl (C=O) groups is 2. The maximum Gasteiger partial charge on any atom is 0.251 e. The number of halogens is 1. The fourth-order valence-corrected chi connectivity index (χ4v) is 1.51. The van der Waals surface area contributed by atoms with Gasteiger partial charge in [0.15, 0.2) is 0 Å². The molecule has 0 fully saturated rings. The van der Waals surface area contributed by atoms with Crippen LogP contribution < -0.4 is 10.6 Å². The molecule has 0 atom stereocenters. The number of amides is 2. The second kappa shape index (κ2) is 6.35. The Kier molecular flexibility index (Phi) is 5.09. The highest BCUT2D eigenvalue weighted by molar-refractivity contribution is 6.29. The second-order valence-electron chi connectivity index (χ2n) is 4.11. The minimum atomic E-state index is -0.343. The number of aromatic nitrogens is 1. The van der Waals surface area contributed by atoms with E-state index in [-0.39, 0.29) is 29.4 Å². The molecule has 0 saturated heterocycles. The molecule has 5 nitrogen and oxygen atoms in total. The fourth-order valence-electron chi connectivity index (χ4n) is 1.30. The lowest BCUT2D eigenvalue weighted by Gasteiger charge is -2.09. The van der Waals surface area contributed by atoms with E-state index < -0.39 is 0 Å². The number of nitrogens with zero attached hydrogens (tertiary/aromatic N) is 1. The maximum absolute atomic E-state index is 11.8. The van der Waals surface area contributed by atoms with E-state index in [1.807, 2.05) is 13.8 Å². The quantitative estimate of drug-likeness (QED) is 0.810. The van der Waals surface area contributed by atoms with Crippen molar-refractivity contribution in [3.8, 4) is 0 Å². The van der Waals surface area contributed by atoms with E-state index in [0.717, 1.165) is 5.69 Å². The third-order valence-electron chi connectivity index (χ3n) is 2.36. The standard InChI is InChI=1S/C12H16ClN3O2/c1-7(2)9-4-8(5-10(13)16-9)12(18)15-6-11(17)14-3/h4-5,7H,6H2,1-3H3,(H,14,17)(H,15,18). The Morgan fingerprint density at radius 2 is 2.06 bits per heavy atom. The van der Waals surface area contributed by atoms with Crippen LogP contribution >= 0.6 is 11.6 Å². The van der Waals surface area contributed by atoms with E-state index in [2.05, 4.69) is 15.6 Å². The van der Waals surface area contributed by atoms with Crippen LogP contribution in [0.25, 0.3) is 0 Å². The summed E-state index contributed by atoms with van der Waals surface area (Å²) in [4.78, 5) is 27.0. The van der Waals surface area contributed by atoms with Crippen LogP contribution in [0.15, 0.2) is 12.1 Å². The summed E-state index contributed by atoms with van der Waals surface area (Å²) in [5.74, 6) is -0.424. The number of nitrogens with one attached hydrogen (secondary N) is 2. The van der Waals surface area contributed by atoms with Gasteiger partial charge in [0, 0.05) is 18.3 Å². The normalized spacial score (nSPS) is 10.3. The highest BCUT2D eigenvalue weighted by Gasteiger charge is 2.11. The van der Waals surface area contributed by atoms with Gasteiger partial charge in [0.25, 0.3) is 5.91 Å². The molecule has 1 aromatic heterocycles. The predicted molar refractivity (Wildman–Crippen MR) is 69.7 cm³/mol. The first-order valence-electron chi connectivity index (χ1n) is 5.60. The molecule has 18 heavy (non-hydrogen) atoms.